The molecule has 2 rings (SSSR count). The Kier molecular flexibility index (Phi) is 4.63. The summed E-state index contributed by atoms with van der Waals surface area (Å²) in [5, 5.41) is 7.98. The lowest BCUT2D eigenvalue weighted by Crippen LogP contribution is -2.11. The van der Waals surface area contributed by atoms with E-state index in [-0.39, 0.29) is 10.7 Å². The van der Waals surface area contributed by atoms with Gasteiger partial charge < -0.3 is 5.73 Å². The Morgan fingerprint density at radius 2 is 1.50 bits per heavy atom. The van der Waals surface area contributed by atoms with Crippen LogP contribution < -0.4 is 5.73 Å². The molecule has 0 spiro atoms. The Bertz CT molecular complexity index is 651. The van der Waals surface area contributed by atoms with Crippen LogP contribution in [0.15, 0.2) is 75.9 Å². The molecule has 0 unspecified atom stereocenters. The number of hydrogen-bond donors (Lipinski definition) is 1. The van der Waals surface area contributed by atoms with Gasteiger partial charge in [0.15, 0.2) is 0 Å². The molecule has 20 heavy (non-hydrogen) atoms. The summed E-state index contributed by atoms with van der Waals surface area (Å²) in [6.45, 7) is 0. The molecule has 100 valence electrons. The van der Waals surface area contributed by atoms with Gasteiger partial charge in [0.25, 0.3) is 5.91 Å². The fraction of sp³-hybridized carbons (Fsp3) is 0. The molecule has 0 aromatic heterocycles. The van der Waals surface area contributed by atoms with Crippen molar-refractivity contribution in [3.8, 4) is 0 Å². The Hall–Kier alpha value is -2.46. The van der Waals surface area contributed by atoms with E-state index in [1.807, 2.05) is 36.4 Å². The first-order valence-electron chi connectivity index (χ1n) is 5.90. The molecule has 2 aromatic rings. The normalized spacial score (nSPS) is 12.2. The summed E-state index contributed by atoms with van der Waals surface area (Å²) >= 11 is 5.93. The highest BCUT2D eigenvalue weighted by molar-refractivity contribution is 6.44. The van der Waals surface area contributed by atoms with E-state index in [0.29, 0.717) is 11.3 Å². The van der Waals surface area contributed by atoms with Crippen molar-refractivity contribution >= 4 is 28.9 Å². The van der Waals surface area contributed by atoms with Crippen LogP contribution in [0.4, 0.5) is 5.69 Å². The molecule has 0 heterocycles. The third-order valence-corrected chi connectivity index (χ3v) is 2.86. The highest BCUT2D eigenvalue weighted by Gasteiger charge is 2.11. The molecule has 2 N–H and O–H groups in total. The number of benzene rings is 2. The van der Waals surface area contributed by atoms with Crippen LogP contribution in [0.2, 0.25) is 0 Å². The maximum absolute atomic E-state index is 11.3. The van der Waals surface area contributed by atoms with Crippen molar-refractivity contribution in [2.45, 2.75) is 0 Å². The minimum atomic E-state index is -0.738. The van der Waals surface area contributed by atoms with Gasteiger partial charge in [0.05, 0.1) is 5.69 Å². The van der Waals surface area contributed by atoms with E-state index in [9.17, 15) is 4.79 Å². The highest BCUT2D eigenvalue weighted by Crippen LogP contribution is 2.25. The largest absolute Gasteiger partial charge is 0.365 e. The quantitative estimate of drug-likeness (QED) is 0.672. The standard InChI is InChI=1S/C15H12ClN3O/c16-13(15(17)20)14(11-7-3-1-4-8-11)19-18-12-9-5-2-6-10-12/h1-10H,(H2,17,20)/b14-13+,19-18?. The van der Waals surface area contributed by atoms with E-state index in [0.717, 1.165) is 0 Å². The van der Waals surface area contributed by atoms with Crippen molar-refractivity contribution in [1.29, 1.82) is 0 Å². The number of halogens is 1. The number of amides is 1. The van der Waals surface area contributed by atoms with Crippen LogP contribution in [-0.2, 0) is 4.79 Å². The van der Waals surface area contributed by atoms with Gasteiger partial charge in [-0.15, -0.1) is 5.11 Å². The average Bonchev–Trinajstić information content (AvgIpc) is 2.49. The minimum Gasteiger partial charge on any atom is -0.365 e. The molecule has 0 bridgehead atoms. The minimum absolute atomic E-state index is 0.143. The zero-order chi connectivity index (χ0) is 14.4. The number of nitrogens with two attached hydrogens (primary N) is 1. The number of nitrogens with zero attached hydrogens (tertiary/aromatic N) is 2. The Balaban J connectivity index is 2.42. The van der Waals surface area contributed by atoms with Gasteiger partial charge in [-0.25, -0.2) is 0 Å². The number of carbonyl (C=O) groups is 1. The predicted molar refractivity (Wildman–Crippen MR) is 79.4 cm³/mol. The molecule has 2 aromatic carbocycles. The maximum atomic E-state index is 11.3. The molecule has 0 atom stereocenters. The van der Waals surface area contributed by atoms with Gasteiger partial charge in [0.2, 0.25) is 0 Å². The Morgan fingerprint density at radius 3 is 2.05 bits per heavy atom. The van der Waals surface area contributed by atoms with Crippen molar-refractivity contribution < 1.29 is 4.79 Å². The molecule has 0 aliphatic carbocycles. The molecule has 1 amide bonds. The lowest BCUT2D eigenvalue weighted by molar-refractivity contribution is -0.113. The van der Waals surface area contributed by atoms with Crippen LogP contribution in [0.5, 0.6) is 0 Å². The fourth-order valence-corrected chi connectivity index (χ4v) is 1.69. The van der Waals surface area contributed by atoms with E-state index in [2.05, 4.69) is 10.2 Å². The maximum Gasteiger partial charge on any atom is 0.262 e. The average molecular weight is 286 g/mol. The third kappa shape index (κ3) is 3.52. The summed E-state index contributed by atoms with van der Waals surface area (Å²) in [5.74, 6) is -0.738. The number of carbonyl (C=O) groups excluding carboxylic acids is 1. The predicted octanol–water partition coefficient (Wildman–Crippen LogP) is 3.86. The van der Waals surface area contributed by atoms with Gasteiger partial charge in [-0.1, -0.05) is 60.1 Å². The third-order valence-electron chi connectivity index (χ3n) is 2.49. The van der Waals surface area contributed by atoms with Crippen molar-refractivity contribution in [2.75, 3.05) is 0 Å². The van der Waals surface area contributed by atoms with E-state index in [1.54, 1.807) is 24.3 Å². The van der Waals surface area contributed by atoms with Crippen LogP contribution in [0.25, 0.3) is 5.70 Å². The highest BCUT2D eigenvalue weighted by atomic mass is 35.5. The second-order valence-electron chi connectivity index (χ2n) is 3.93. The SMILES string of the molecule is NC(=O)/C(Cl)=C(\N=Nc1ccccc1)c1ccccc1. The van der Waals surface area contributed by atoms with E-state index in [4.69, 9.17) is 17.3 Å². The summed E-state index contributed by atoms with van der Waals surface area (Å²) in [6, 6.07) is 18.2. The second kappa shape index (κ2) is 6.63. The van der Waals surface area contributed by atoms with Gasteiger partial charge in [-0.3, -0.25) is 4.79 Å². The summed E-state index contributed by atoms with van der Waals surface area (Å²) in [5.41, 5.74) is 6.80. The van der Waals surface area contributed by atoms with Gasteiger partial charge >= 0.3 is 0 Å². The van der Waals surface area contributed by atoms with E-state index >= 15 is 0 Å². The number of hydrogen-bond acceptors (Lipinski definition) is 3. The van der Waals surface area contributed by atoms with Gasteiger partial charge in [-0.2, -0.15) is 5.11 Å². The van der Waals surface area contributed by atoms with Crippen LogP contribution in [-0.4, -0.2) is 5.91 Å². The van der Waals surface area contributed by atoms with Gasteiger partial charge in [-0.05, 0) is 12.1 Å². The monoisotopic (exact) mass is 285 g/mol. The molecule has 0 saturated carbocycles. The van der Waals surface area contributed by atoms with Crippen LogP contribution in [0.1, 0.15) is 5.56 Å². The smallest absolute Gasteiger partial charge is 0.262 e. The van der Waals surface area contributed by atoms with Gasteiger partial charge in [0.1, 0.15) is 10.7 Å². The van der Waals surface area contributed by atoms with Crippen LogP contribution in [0, 0.1) is 0 Å². The van der Waals surface area contributed by atoms with Crippen LogP contribution >= 0.6 is 11.6 Å². The van der Waals surface area contributed by atoms with Crippen molar-refractivity contribution in [2.24, 2.45) is 16.0 Å². The summed E-state index contributed by atoms with van der Waals surface area (Å²) in [7, 11) is 0. The van der Waals surface area contributed by atoms with E-state index in [1.165, 1.54) is 0 Å². The summed E-state index contributed by atoms with van der Waals surface area (Å²) < 4.78 is 0. The first-order chi connectivity index (χ1) is 9.68. The Labute approximate surface area is 121 Å². The zero-order valence-electron chi connectivity index (χ0n) is 10.5. The number of primary amides is 1. The second-order valence-corrected chi connectivity index (χ2v) is 4.31. The molecule has 0 fully saturated rings. The van der Waals surface area contributed by atoms with Crippen LogP contribution in [0.3, 0.4) is 0 Å². The van der Waals surface area contributed by atoms with Crippen molar-refractivity contribution in [3.63, 3.8) is 0 Å². The first-order valence-corrected chi connectivity index (χ1v) is 6.28. The van der Waals surface area contributed by atoms with Crippen molar-refractivity contribution in [3.05, 3.63) is 71.3 Å². The lowest BCUT2D eigenvalue weighted by Gasteiger charge is -2.03. The molecule has 5 heteroatoms. The molecule has 4 nitrogen and oxygen atoms in total. The molecular formula is C15H12ClN3O. The molecule has 0 radical (unpaired) electrons. The molecular weight excluding hydrogens is 274 g/mol. The lowest BCUT2D eigenvalue weighted by atomic mass is 10.1. The molecule has 0 aliphatic heterocycles. The molecule has 0 aliphatic rings. The first kappa shape index (κ1) is 14.0. The Morgan fingerprint density at radius 1 is 0.950 bits per heavy atom. The van der Waals surface area contributed by atoms with Gasteiger partial charge in [0, 0.05) is 5.56 Å². The van der Waals surface area contributed by atoms with Crippen molar-refractivity contribution in [1.82, 2.24) is 0 Å². The zero-order valence-corrected chi connectivity index (χ0v) is 11.3. The summed E-state index contributed by atoms with van der Waals surface area (Å²) in [6.07, 6.45) is 0. The topological polar surface area (TPSA) is 67.8 Å². The van der Waals surface area contributed by atoms with E-state index < -0.39 is 5.91 Å². The number of azo groups is 1. The number of rotatable bonds is 4. The summed E-state index contributed by atoms with van der Waals surface area (Å²) in [4.78, 5) is 11.3. The fourth-order valence-electron chi connectivity index (χ4n) is 1.54. The molecule has 0 saturated heterocycles.